The lowest BCUT2D eigenvalue weighted by Crippen LogP contribution is -2.35. The Bertz CT molecular complexity index is 182. The van der Waals surface area contributed by atoms with Gasteiger partial charge in [0, 0.05) is 6.42 Å². The molecule has 0 amide bonds. The standard InChI is InChI=1S/C7H9NO2/c1-7(5-8)3-2-6(9)4-10-7/h2-4H2,1H3. The van der Waals surface area contributed by atoms with Crippen LogP contribution in [0.15, 0.2) is 0 Å². The van der Waals surface area contributed by atoms with Gasteiger partial charge in [0.25, 0.3) is 0 Å². The summed E-state index contributed by atoms with van der Waals surface area (Å²) < 4.78 is 5.02. The van der Waals surface area contributed by atoms with Gasteiger partial charge in [0.2, 0.25) is 0 Å². The third kappa shape index (κ3) is 1.34. The van der Waals surface area contributed by atoms with Crippen molar-refractivity contribution in [3.63, 3.8) is 0 Å². The first-order chi connectivity index (χ1) is 4.66. The fraction of sp³-hybridized carbons (Fsp3) is 0.714. The highest BCUT2D eigenvalue weighted by atomic mass is 16.5. The van der Waals surface area contributed by atoms with Gasteiger partial charge in [-0.15, -0.1) is 0 Å². The third-order valence-corrected chi connectivity index (χ3v) is 1.67. The SMILES string of the molecule is CC1(C#N)CCC(=O)CO1. The minimum atomic E-state index is -0.714. The Balaban J connectivity index is 2.56. The van der Waals surface area contributed by atoms with Crippen molar-refractivity contribution in [2.45, 2.75) is 25.4 Å². The van der Waals surface area contributed by atoms with Gasteiger partial charge in [-0.2, -0.15) is 5.26 Å². The summed E-state index contributed by atoms with van der Waals surface area (Å²) in [7, 11) is 0. The molecule has 1 heterocycles. The molecule has 3 heteroatoms. The van der Waals surface area contributed by atoms with Crippen molar-refractivity contribution in [3.8, 4) is 6.07 Å². The summed E-state index contributed by atoms with van der Waals surface area (Å²) in [5.41, 5.74) is -0.714. The number of hydrogen-bond acceptors (Lipinski definition) is 3. The van der Waals surface area contributed by atoms with Gasteiger partial charge in [-0.3, -0.25) is 4.79 Å². The maximum Gasteiger partial charge on any atom is 0.158 e. The lowest BCUT2D eigenvalue weighted by Gasteiger charge is -2.25. The number of nitrogens with zero attached hydrogens (tertiary/aromatic N) is 1. The predicted octanol–water partition coefficient (Wildman–Crippen LogP) is 0.648. The van der Waals surface area contributed by atoms with Crippen LogP contribution in [-0.2, 0) is 9.53 Å². The maximum atomic E-state index is 10.6. The van der Waals surface area contributed by atoms with Crippen LogP contribution >= 0.6 is 0 Å². The van der Waals surface area contributed by atoms with E-state index >= 15 is 0 Å². The number of Topliss-reactive ketones (excluding diaryl/α,β-unsaturated/α-hetero) is 1. The Labute approximate surface area is 59.6 Å². The van der Waals surface area contributed by atoms with Crippen molar-refractivity contribution in [1.29, 1.82) is 5.26 Å². The number of ketones is 1. The molecular formula is C7H9NO2. The van der Waals surface area contributed by atoms with Gasteiger partial charge in [0.1, 0.15) is 6.61 Å². The predicted molar refractivity (Wildman–Crippen MR) is 34.2 cm³/mol. The number of hydrogen-bond donors (Lipinski definition) is 0. The highest BCUT2D eigenvalue weighted by molar-refractivity contribution is 5.80. The van der Waals surface area contributed by atoms with E-state index in [0.717, 1.165) is 0 Å². The fourth-order valence-corrected chi connectivity index (χ4v) is 0.850. The molecular weight excluding hydrogens is 130 g/mol. The van der Waals surface area contributed by atoms with Crippen LogP contribution in [0.5, 0.6) is 0 Å². The smallest absolute Gasteiger partial charge is 0.158 e. The number of carbonyl (C=O) groups excluding carboxylic acids is 1. The molecule has 1 saturated heterocycles. The molecule has 1 atom stereocenters. The first-order valence-corrected chi connectivity index (χ1v) is 3.23. The zero-order valence-electron chi connectivity index (χ0n) is 5.89. The Morgan fingerprint density at radius 2 is 2.50 bits per heavy atom. The summed E-state index contributed by atoms with van der Waals surface area (Å²) in [5.74, 6) is 0.0905. The van der Waals surface area contributed by atoms with Crippen molar-refractivity contribution < 1.29 is 9.53 Å². The molecule has 0 N–H and O–H groups in total. The summed E-state index contributed by atoms with van der Waals surface area (Å²) >= 11 is 0. The van der Waals surface area contributed by atoms with Crippen LogP contribution in [0.2, 0.25) is 0 Å². The minimum absolute atomic E-state index is 0.0905. The van der Waals surface area contributed by atoms with E-state index < -0.39 is 5.60 Å². The molecule has 10 heavy (non-hydrogen) atoms. The molecule has 0 spiro atoms. The molecule has 0 radical (unpaired) electrons. The molecule has 54 valence electrons. The second-order valence-corrected chi connectivity index (χ2v) is 2.67. The molecule has 1 aliphatic rings. The molecule has 0 bridgehead atoms. The molecule has 3 nitrogen and oxygen atoms in total. The van der Waals surface area contributed by atoms with Crippen LogP contribution in [-0.4, -0.2) is 18.0 Å². The molecule has 0 aliphatic carbocycles. The molecule has 1 fully saturated rings. The fourth-order valence-electron chi connectivity index (χ4n) is 0.850. The summed E-state index contributed by atoms with van der Waals surface area (Å²) in [6.45, 7) is 1.81. The van der Waals surface area contributed by atoms with Crippen LogP contribution in [0.1, 0.15) is 19.8 Å². The summed E-state index contributed by atoms with van der Waals surface area (Å²) in [6, 6.07) is 2.03. The maximum absolute atomic E-state index is 10.6. The zero-order valence-corrected chi connectivity index (χ0v) is 5.89. The highest BCUT2D eigenvalue weighted by Crippen LogP contribution is 2.21. The third-order valence-electron chi connectivity index (χ3n) is 1.67. The second kappa shape index (κ2) is 2.39. The van der Waals surface area contributed by atoms with Crippen molar-refractivity contribution in [2.75, 3.05) is 6.61 Å². The van der Waals surface area contributed by atoms with Gasteiger partial charge < -0.3 is 4.74 Å². The zero-order chi connectivity index (χ0) is 7.61. The quantitative estimate of drug-likeness (QED) is 0.495. The average molecular weight is 139 g/mol. The number of carbonyl (C=O) groups is 1. The lowest BCUT2D eigenvalue weighted by molar-refractivity contribution is -0.134. The van der Waals surface area contributed by atoms with E-state index in [0.29, 0.717) is 12.8 Å². The molecule has 1 rings (SSSR count). The molecule has 0 aromatic rings. The number of nitriles is 1. The Morgan fingerprint density at radius 3 is 2.90 bits per heavy atom. The lowest BCUT2D eigenvalue weighted by atomic mass is 9.97. The summed E-state index contributed by atoms with van der Waals surface area (Å²) in [4.78, 5) is 10.6. The van der Waals surface area contributed by atoms with E-state index in [2.05, 4.69) is 0 Å². The molecule has 0 aromatic carbocycles. The molecule has 0 aromatic heterocycles. The molecule has 1 unspecified atom stereocenters. The van der Waals surface area contributed by atoms with Gasteiger partial charge in [-0.1, -0.05) is 0 Å². The van der Waals surface area contributed by atoms with Crippen LogP contribution in [0.4, 0.5) is 0 Å². The van der Waals surface area contributed by atoms with E-state index in [4.69, 9.17) is 10.00 Å². The van der Waals surface area contributed by atoms with Crippen molar-refractivity contribution in [1.82, 2.24) is 0 Å². The Hall–Kier alpha value is -0.880. The van der Waals surface area contributed by atoms with Gasteiger partial charge >= 0.3 is 0 Å². The number of rotatable bonds is 0. The second-order valence-electron chi connectivity index (χ2n) is 2.67. The normalized spacial score (nSPS) is 33.4. The van der Waals surface area contributed by atoms with E-state index in [1.165, 1.54) is 0 Å². The van der Waals surface area contributed by atoms with E-state index in [1.807, 2.05) is 6.07 Å². The average Bonchev–Trinajstić information content (AvgIpc) is 1.96. The van der Waals surface area contributed by atoms with Crippen LogP contribution in [0.25, 0.3) is 0 Å². The summed E-state index contributed by atoms with van der Waals surface area (Å²) in [6.07, 6.45) is 1.01. The van der Waals surface area contributed by atoms with Crippen LogP contribution < -0.4 is 0 Å². The van der Waals surface area contributed by atoms with Crippen LogP contribution in [0, 0.1) is 11.3 Å². The van der Waals surface area contributed by atoms with Gasteiger partial charge in [0.15, 0.2) is 11.4 Å². The van der Waals surface area contributed by atoms with Gasteiger partial charge in [-0.25, -0.2) is 0 Å². The first kappa shape index (κ1) is 7.23. The van der Waals surface area contributed by atoms with E-state index in [9.17, 15) is 4.79 Å². The molecule has 1 aliphatic heterocycles. The number of ether oxygens (including phenoxy) is 1. The van der Waals surface area contributed by atoms with Crippen molar-refractivity contribution >= 4 is 5.78 Å². The van der Waals surface area contributed by atoms with E-state index in [-0.39, 0.29) is 12.4 Å². The van der Waals surface area contributed by atoms with Crippen molar-refractivity contribution in [3.05, 3.63) is 0 Å². The van der Waals surface area contributed by atoms with Crippen LogP contribution in [0.3, 0.4) is 0 Å². The Morgan fingerprint density at radius 1 is 1.80 bits per heavy atom. The largest absolute Gasteiger partial charge is 0.353 e. The minimum Gasteiger partial charge on any atom is -0.353 e. The van der Waals surface area contributed by atoms with Gasteiger partial charge in [-0.05, 0) is 13.3 Å². The Kier molecular flexibility index (Phi) is 1.73. The highest BCUT2D eigenvalue weighted by Gasteiger charge is 2.30. The summed E-state index contributed by atoms with van der Waals surface area (Å²) in [5, 5.41) is 8.55. The van der Waals surface area contributed by atoms with Gasteiger partial charge in [0.05, 0.1) is 6.07 Å². The topological polar surface area (TPSA) is 50.1 Å². The van der Waals surface area contributed by atoms with E-state index in [1.54, 1.807) is 6.92 Å². The molecule has 0 saturated carbocycles. The monoisotopic (exact) mass is 139 g/mol. The first-order valence-electron chi connectivity index (χ1n) is 3.23. The van der Waals surface area contributed by atoms with Crippen molar-refractivity contribution in [2.24, 2.45) is 0 Å².